The van der Waals surface area contributed by atoms with Crippen LogP contribution < -0.4 is 4.74 Å². The Bertz CT molecular complexity index is 793. The van der Waals surface area contributed by atoms with Gasteiger partial charge in [-0.25, -0.2) is 0 Å². The number of fused-ring (bicyclic) bond motifs is 1. The van der Waals surface area contributed by atoms with Gasteiger partial charge < -0.3 is 9.84 Å². The van der Waals surface area contributed by atoms with Crippen LogP contribution in [0.2, 0.25) is 0 Å². The highest BCUT2D eigenvalue weighted by Gasteiger charge is 2.22. The molecule has 2 aromatic rings. The van der Waals surface area contributed by atoms with Gasteiger partial charge in [0.1, 0.15) is 11.5 Å². The van der Waals surface area contributed by atoms with Crippen molar-refractivity contribution in [3.8, 4) is 11.5 Å². The minimum atomic E-state index is 0.0808. The Hall–Kier alpha value is -2.55. The molecule has 0 heterocycles. The Morgan fingerprint density at radius 1 is 1.09 bits per heavy atom. The number of aryl methyl sites for hydroxylation is 3. The van der Waals surface area contributed by atoms with Gasteiger partial charge in [-0.3, -0.25) is 4.79 Å². The maximum absolute atomic E-state index is 12.7. The molecule has 1 aliphatic rings. The van der Waals surface area contributed by atoms with Crippen LogP contribution in [-0.4, -0.2) is 18.0 Å². The van der Waals surface area contributed by atoms with Crippen molar-refractivity contribution < 1.29 is 14.6 Å². The molecule has 3 heteroatoms. The zero-order chi connectivity index (χ0) is 16.6. The average molecular weight is 308 g/mol. The number of hydrogen-bond donors (Lipinski definition) is 1. The van der Waals surface area contributed by atoms with Crippen molar-refractivity contribution in [2.75, 3.05) is 7.11 Å². The number of phenolic OH excluding ortho intramolecular Hbond substituents is 1. The molecule has 0 spiro atoms. The minimum Gasteiger partial charge on any atom is -0.507 e. The van der Waals surface area contributed by atoms with Crippen LogP contribution in [0.15, 0.2) is 35.9 Å². The predicted octanol–water partition coefficient (Wildman–Crippen LogP) is 4.23. The van der Waals surface area contributed by atoms with Crippen LogP contribution >= 0.6 is 0 Å². The Morgan fingerprint density at radius 2 is 1.78 bits per heavy atom. The van der Waals surface area contributed by atoms with Crippen LogP contribution in [0.1, 0.15) is 39.0 Å². The van der Waals surface area contributed by atoms with Crippen molar-refractivity contribution in [3.05, 3.63) is 63.7 Å². The van der Waals surface area contributed by atoms with E-state index in [1.54, 1.807) is 7.11 Å². The molecule has 1 N–H and O–H groups in total. The third-order valence-corrected chi connectivity index (χ3v) is 4.37. The molecular formula is C20H20O3. The fourth-order valence-electron chi connectivity index (χ4n) is 3.09. The summed E-state index contributed by atoms with van der Waals surface area (Å²) in [6.45, 7) is 3.74. The fraction of sp³-hybridized carbons (Fsp3) is 0.250. The van der Waals surface area contributed by atoms with Gasteiger partial charge in [0, 0.05) is 11.1 Å². The van der Waals surface area contributed by atoms with Crippen LogP contribution in [0.25, 0.3) is 6.08 Å². The molecule has 23 heavy (non-hydrogen) atoms. The lowest BCUT2D eigenvalue weighted by atomic mass is 9.85. The van der Waals surface area contributed by atoms with E-state index in [9.17, 15) is 9.90 Å². The summed E-state index contributed by atoms with van der Waals surface area (Å²) in [4.78, 5) is 12.7. The minimum absolute atomic E-state index is 0.0808. The lowest BCUT2D eigenvalue weighted by molar-refractivity contribution is 0.102. The normalized spacial score (nSPS) is 15.6. The third kappa shape index (κ3) is 2.87. The Kier molecular flexibility index (Phi) is 3.95. The number of Topliss-reactive ketones (excluding diaryl/α,β-unsaturated/α-hetero) is 1. The van der Waals surface area contributed by atoms with Crippen molar-refractivity contribution in [2.45, 2.75) is 26.7 Å². The SMILES string of the molecule is COc1ccc2c(c1)CCC(=Cc1cc(C)c(O)c(C)c1)C2=O. The predicted molar refractivity (Wildman–Crippen MR) is 91.2 cm³/mol. The first kappa shape index (κ1) is 15.3. The summed E-state index contributed by atoms with van der Waals surface area (Å²) in [7, 11) is 1.63. The van der Waals surface area contributed by atoms with Crippen molar-refractivity contribution in [1.29, 1.82) is 0 Å². The molecule has 0 unspecified atom stereocenters. The molecule has 0 fully saturated rings. The Labute approximate surface area is 136 Å². The van der Waals surface area contributed by atoms with E-state index < -0.39 is 0 Å². The van der Waals surface area contributed by atoms with Crippen LogP contribution in [0.4, 0.5) is 0 Å². The molecule has 0 aromatic heterocycles. The number of aromatic hydroxyl groups is 1. The first-order chi connectivity index (χ1) is 11.0. The number of ether oxygens (including phenoxy) is 1. The first-order valence-corrected chi connectivity index (χ1v) is 7.72. The molecule has 0 aliphatic heterocycles. The molecule has 3 nitrogen and oxygen atoms in total. The molecule has 2 aromatic carbocycles. The molecular weight excluding hydrogens is 288 g/mol. The number of carbonyl (C=O) groups excluding carboxylic acids is 1. The second kappa shape index (κ2) is 5.92. The summed E-state index contributed by atoms with van der Waals surface area (Å²) in [5.74, 6) is 1.19. The second-order valence-electron chi connectivity index (χ2n) is 6.03. The van der Waals surface area contributed by atoms with Gasteiger partial charge in [0.05, 0.1) is 7.11 Å². The summed E-state index contributed by atoms with van der Waals surface area (Å²) in [6.07, 6.45) is 3.49. The standard InChI is InChI=1S/C20H20O3/c1-12-8-14(9-13(2)19(12)21)10-16-5-4-15-11-17(23-3)6-7-18(15)20(16)22/h6-11,21H,4-5H2,1-3H3. The Morgan fingerprint density at radius 3 is 2.43 bits per heavy atom. The van der Waals surface area contributed by atoms with E-state index in [0.717, 1.165) is 52.0 Å². The zero-order valence-electron chi connectivity index (χ0n) is 13.6. The van der Waals surface area contributed by atoms with Gasteiger partial charge in [-0.2, -0.15) is 0 Å². The molecule has 0 saturated carbocycles. The van der Waals surface area contributed by atoms with Crippen LogP contribution in [-0.2, 0) is 6.42 Å². The number of phenols is 1. The number of allylic oxidation sites excluding steroid dienone is 1. The van der Waals surface area contributed by atoms with Gasteiger partial charge in [-0.15, -0.1) is 0 Å². The Balaban J connectivity index is 1.97. The van der Waals surface area contributed by atoms with Crippen molar-refractivity contribution in [3.63, 3.8) is 0 Å². The summed E-state index contributed by atoms with van der Waals surface area (Å²) in [5, 5.41) is 9.87. The monoisotopic (exact) mass is 308 g/mol. The maximum atomic E-state index is 12.7. The maximum Gasteiger partial charge on any atom is 0.189 e. The largest absolute Gasteiger partial charge is 0.507 e. The molecule has 0 saturated heterocycles. The molecule has 118 valence electrons. The fourth-order valence-corrected chi connectivity index (χ4v) is 3.09. The summed E-state index contributed by atoms with van der Waals surface area (Å²) >= 11 is 0. The van der Waals surface area contributed by atoms with Gasteiger partial charge in [-0.05, 0) is 85.4 Å². The van der Waals surface area contributed by atoms with Crippen molar-refractivity contribution >= 4 is 11.9 Å². The number of ketones is 1. The average Bonchev–Trinajstić information content (AvgIpc) is 2.54. The highest BCUT2D eigenvalue weighted by molar-refractivity contribution is 6.13. The second-order valence-corrected chi connectivity index (χ2v) is 6.03. The van der Waals surface area contributed by atoms with Crippen LogP contribution in [0, 0.1) is 13.8 Å². The number of hydrogen-bond acceptors (Lipinski definition) is 3. The third-order valence-electron chi connectivity index (χ3n) is 4.37. The van der Waals surface area contributed by atoms with Gasteiger partial charge in [0.15, 0.2) is 5.78 Å². The van der Waals surface area contributed by atoms with E-state index in [4.69, 9.17) is 4.74 Å². The van der Waals surface area contributed by atoms with E-state index in [1.165, 1.54) is 0 Å². The summed E-state index contributed by atoms with van der Waals surface area (Å²) < 4.78 is 5.23. The van der Waals surface area contributed by atoms with E-state index in [-0.39, 0.29) is 5.78 Å². The van der Waals surface area contributed by atoms with E-state index in [0.29, 0.717) is 5.75 Å². The van der Waals surface area contributed by atoms with Gasteiger partial charge in [0.2, 0.25) is 0 Å². The van der Waals surface area contributed by atoms with Crippen LogP contribution in [0.5, 0.6) is 11.5 Å². The highest BCUT2D eigenvalue weighted by Crippen LogP contribution is 2.30. The molecule has 0 atom stereocenters. The number of benzene rings is 2. The van der Waals surface area contributed by atoms with E-state index in [2.05, 4.69) is 0 Å². The van der Waals surface area contributed by atoms with E-state index >= 15 is 0 Å². The summed E-state index contributed by atoms with van der Waals surface area (Å²) in [6, 6.07) is 9.43. The topological polar surface area (TPSA) is 46.5 Å². The van der Waals surface area contributed by atoms with Gasteiger partial charge in [0.25, 0.3) is 0 Å². The smallest absolute Gasteiger partial charge is 0.189 e. The lowest BCUT2D eigenvalue weighted by Gasteiger charge is -2.18. The zero-order valence-corrected chi connectivity index (χ0v) is 13.6. The summed E-state index contributed by atoms with van der Waals surface area (Å²) in [5.41, 5.74) is 5.22. The molecule has 0 bridgehead atoms. The number of carbonyl (C=O) groups is 1. The number of rotatable bonds is 2. The van der Waals surface area contributed by atoms with E-state index in [1.807, 2.05) is 50.3 Å². The molecule has 1 aliphatic carbocycles. The molecule has 0 radical (unpaired) electrons. The van der Waals surface area contributed by atoms with Crippen molar-refractivity contribution in [1.82, 2.24) is 0 Å². The van der Waals surface area contributed by atoms with Crippen molar-refractivity contribution in [2.24, 2.45) is 0 Å². The first-order valence-electron chi connectivity index (χ1n) is 7.72. The van der Waals surface area contributed by atoms with Gasteiger partial charge in [-0.1, -0.05) is 0 Å². The molecule has 0 amide bonds. The number of methoxy groups -OCH3 is 1. The quantitative estimate of drug-likeness (QED) is 0.845. The van der Waals surface area contributed by atoms with Crippen LogP contribution in [0.3, 0.4) is 0 Å². The molecule has 3 rings (SSSR count). The van der Waals surface area contributed by atoms with Gasteiger partial charge >= 0.3 is 0 Å². The highest BCUT2D eigenvalue weighted by atomic mass is 16.5. The lowest BCUT2D eigenvalue weighted by Crippen LogP contribution is -2.14.